The lowest BCUT2D eigenvalue weighted by atomic mass is 10.2. The molecule has 0 aliphatic carbocycles. The van der Waals surface area contributed by atoms with Gasteiger partial charge in [-0.1, -0.05) is 19.1 Å². The fraction of sp³-hybridized carbons (Fsp3) is 0.364. The van der Waals surface area contributed by atoms with Crippen molar-refractivity contribution in [1.82, 2.24) is 4.98 Å². The van der Waals surface area contributed by atoms with Gasteiger partial charge < -0.3 is 9.73 Å². The molecule has 15 heavy (non-hydrogen) atoms. The highest BCUT2D eigenvalue weighted by Crippen LogP contribution is 2.18. The van der Waals surface area contributed by atoms with Gasteiger partial charge in [-0.3, -0.25) is 0 Å². The Morgan fingerprint density at radius 2 is 2.27 bits per heavy atom. The Bertz CT molecular complexity index is 408. The predicted octanol–water partition coefficient (Wildman–Crippen LogP) is 3.11. The molecule has 3 nitrogen and oxygen atoms in total. The maximum Gasteiger partial charge on any atom is 0.295 e. The molecular weight excluding hydrogens is 212 g/mol. The van der Waals surface area contributed by atoms with Crippen LogP contribution in [0.3, 0.4) is 0 Å². The van der Waals surface area contributed by atoms with Crippen LogP contribution < -0.4 is 5.32 Å². The minimum Gasteiger partial charge on any atom is -0.424 e. The average molecular weight is 225 g/mol. The zero-order chi connectivity index (χ0) is 10.7. The molecule has 2 rings (SSSR count). The first-order valence-electron chi connectivity index (χ1n) is 4.95. The van der Waals surface area contributed by atoms with Crippen molar-refractivity contribution >= 4 is 28.7 Å². The van der Waals surface area contributed by atoms with Crippen LogP contribution in [0.2, 0.25) is 0 Å². The van der Waals surface area contributed by atoms with Gasteiger partial charge in [0.15, 0.2) is 5.58 Å². The third-order valence-electron chi connectivity index (χ3n) is 2.16. The molecule has 1 heterocycles. The second-order valence-electron chi connectivity index (χ2n) is 3.63. The van der Waals surface area contributed by atoms with Crippen molar-refractivity contribution in [3.8, 4) is 0 Å². The molecule has 80 valence electrons. The van der Waals surface area contributed by atoms with Crippen molar-refractivity contribution in [2.24, 2.45) is 5.92 Å². The Morgan fingerprint density at radius 1 is 1.47 bits per heavy atom. The van der Waals surface area contributed by atoms with Crippen molar-refractivity contribution in [3.05, 3.63) is 24.3 Å². The number of oxazole rings is 1. The molecule has 1 aromatic carbocycles. The molecule has 0 saturated carbocycles. The molecule has 0 aliphatic rings. The molecule has 1 unspecified atom stereocenters. The van der Waals surface area contributed by atoms with Crippen LogP contribution in [0.1, 0.15) is 6.92 Å². The topological polar surface area (TPSA) is 38.1 Å². The van der Waals surface area contributed by atoms with Crippen LogP contribution in [0.4, 0.5) is 6.01 Å². The van der Waals surface area contributed by atoms with Crippen LogP contribution in [0.25, 0.3) is 11.1 Å². The van der Waals surface area contributed by atoms with Crippen molar-refractivity contribution in [2.45, 2.75) is 6.92 Å². The van der Waals surface area contributed by atoms with Gasteiger partial charge in [0.25, 0.3) is 6.01 Å². The number of nitrogens with one attached hydrogen (secondary N) is 1. The summed E-state index contributed by atoms with van der Waals surface area (Å²) in [5.74, 6) is 1.04. The molecule has 1 N–H and O–H groups in total. The first-order chi connectivity index (χ1) is 7.29. The highest BCUT2D eigenvalue weighted by Gasteiger charge is 2.05. The van der Waals surface area contributed by atoms with E-state index >= 15 is 0 Å². The smallest absolute Gasteiger partial charge is 0.295 e. The Morgan fingerprint density at radius 3 is 3.00 bits per heavy atom. The summed E-state index contributed by atoms with van der Waals surface area (Å²) in [6.07, 6.45) is 0. The summed E-state index contributed by atoms with van der Waals surface area (Å²) in [6.45, 7) is 2.85. The summed E-state index contributed by atoms with van der Waals surface area (Å²) in [5.41, 5.74) is 1.68. The van der Waals surface area contributed by atoms with Crippen LogP contribution in [-0.4, -0.2) is 17.4 Å². The molecule has 1 atom stereocenters. The summed E-state index contributed by atoms with van der Waals surface area (Å²) in [5, 5.41) is 3.12. The number of hydrogen-bond donors (Lipinski definition) is 1. The van der Waals surface area contributed by atoms with E-state index < -0.39 is 0 Å². The Hall–Kier alpha value is -1.22. The largest absolute Gasteiger partial charge is 0.424 e. The average Bonchev–Trinajstić information content (AvgIpc) is 2.68. The molecule has 4 heteroatoms. The van der Waals surface area contributed by atoms with Gasteiger partial charge in [-0.25, -0.2) is 0 Å². The van der Waals surface area contributed by atoms with Gasteiger partial charge in [-0.15, -0.1) is 11.6 Å². The van der Waals surface area contributed by atoms with E-state index in [2.05, 4.69) is 17.2 Å². The molecule has 0 radical (unpaired) electrons. The lowest BCUT2D eigenvalue weighted by Gasteiger charge is -2.06. The van der Waals surface area contributed by atoms with Crippen molar-refractivity contribution in [3.63, 3.8) is 0 Å². The summed E-state index contributed by atoms with van der Waals surface area (Å²) in [7, 11) is 0. The van der Waals surface area contributed by atoms with Gasteiger partial charge in [0, 0.05) is 12.4 Å². The van der Waals surface area contributed by atoms with E-state index in [1.54, 1.807) is 0 Å². The second kappa shape index (κ2) is 4.53. The summed E-state index contributed by atoms with van der Waals surface area (Å²) < 4.78 is 5.50. The SMILES string of the molecule is CC(CCl)CNc1nc2ccccc2o1. The molecule has 0 bridgehead atoms. The maximum absolute atomic E-state index is 5.71. The van der Waals surface area contributed by atoms with E-state index in [1.165, 1.54) is 0 Å². The van der Waals surface area contributed by atoms with Gasteiger partial charge in [0.05, 0.1) is 0 Å². The standard InChI is InChI=1S/C11H13ClN2O/c1-8(6-12)7-13-11-14-9-4-2-3-5-10(9)15-11/h2-5,8H,6-7H2,1H3,(H,13,14). The predicted molar refractivity (Wildman–Crippen MR) is 62.4 cm³/mol. The number of halogens is 1. The third-order valence-corrected chi connectivity index (χ3v) is 2.69. The Balaban J connectivity index is 2.09. The number of benzene rings is 1. The Kier molecular flexibility index (Phi) is 3.11. The van der Waals surface area contributed by atoms with E-state index in [4.69, 9.17) is 16.0 Å². The number of aromatic nitrogens is 1. The minimum absolute atomic E-state index is 0.404. The van der Waals surface area contributed by atoms with Crippen molar-refractivity contribution in [2.75, 3.05) is 17.7 Å². The molecule has 0 aliphatic heterocycles. The van der Waals surface area contributed by atoms with Gasteiger partial charge >= 0.3 is 0 Å². The monoisotopic (exact) mass is 224 g/mol. The lowest BCUT2D eigenvalue weighted by Crippen LogP contribution is -2.12. The molecule has 2 aromatic rings. The van der Waals surface area contributed by atoms with Crippen LogP contribution in [0, 0.1) is 5.92 Å². The summed E-state index contributed by atoms with van der Waals surface area (Å²) in [6, 6.07) is 8.26. The normalized spacial score (nSPS) is 12.9. The quantitative estimate of drug-likeness (QED) is 0.811. The number of nitrogens with zero attached hydrogens (tertiary/aromatic N) is 1. The van der Waals surface area contributed by atoms with Gasteiger partial charge in [0.2, 0.25) is 0 Å². The molecule has 1 aromatic heterocycles. The highest BCUT2D eigenvalue weighted by atomic mass is 35.5. The number of rotatable bonds is 4. The maximum atomic E-state index is 5.71. The lowest BCUT2D eigenvalue weighted by molar-refractivity contribution is 0.597. The van der Waals surface area contributed by atoms with Crippen molar-refractivity contribution < 1.29 is 4.42 Å². The third kappa shape index (κ3) is 2.42. The molecule has 0 spiro atoms. The van der Waals surface area contributed by atoms with Crippen molar-refractivity contribution in [1.29, 1.82) is 0 Å². The highest BCUT2D eigenvalue weighted by molar-refractivity contribution is 6.18. The Labute approximate surface area is 93.4 Å². The van der Waals surface area contributed by atoms with E-state index in [9.17, 15) is 0 Å². The number of fused-ring (bicyclic) bond motifs is 1. The van der Waals surface area contributed by atoms with Crippen LogP contribution in [-0.2, 0) is 0 Å². The second-order valence-corrected chi connectivity index (χ2v) is 3.94. The fourth-order valence-electron chi connectivity index (χ4n) is 1.26. The van der Waals surface area contributed by atoms with E-state index in [1.807, 2.05) is 24.3 Å². The first-order valence-corrected chi connectivity index (χ1v) is 5.48. The number of alkyl halides is 1. The zero-order valence-electron chi connectivity index (χ0n) is 8.53. The molecular formula is C11H13ClN2O. The first kappa shape index (κ1) is 10.3. The van der Waals surface area contributed by atoms with E-state index in [-0.39, 0.29) is 0 Å². The molecule has 0 amide bonds. The molecule has 0 fully saturated rings. The van der Waals surface area contributed by atoms with Gasteiger partial charge in [0.1, 0.15) is 5.52 Å². The molecule has 0 saturated heterocycles. The number of para-hydroxylation sites is 2. The van der Waals surface area contributed by atoms with Crippen LogP contribution in [0.15, 0.2) is 28.7 Å². The fourth-order valence-corrected chi connectivity index (χ4v) is 1.37. The van der Waals surface area contributed by atoms with Gasteiger partial charge in [-0.2, -0.15) is 4.98 Å². The summed E-state index contributed by atoms with van der Waals surface area (Å²) >= 11 is 5.71. The zero-order valence-corrected chi connectivity index (χ0v) is 9.29. The van der Waals surface area contributed by atoms with Gasteiger partial charge in [-0.05, 0) is 18.1 Å². The number of anilines is 1. The van der Waals surface area contributed by atoms with Crippen LogP contribution >= 0.6 is 11.6 Å². The number of hydrogen-bond acceptors (Lipinski definition) is 3. The van der Waals surface area contributed by atoms with E-state index in [0.29, 0.717) is 17.8 Å². The minimum atomic E-state index is 0.404. The van der Waals surface area contributed by atoms with Crippen LogP contribution in [0.5, 0.6) is 0 Å². The van der Waals surface area contributed by atoms with E-state index in [0.717, 1.165) is 17.6 Å². The summed E-state index contributed by atoms with van der Waals surface area (Å²) in [4.78, 5) is 4.30.